The standard InChI is InChI=1S/C19H27N3O/c1-12(2)14(4)22(15-8-9-15)18(23)11-10-17-20-16-7-5-6-13(3)19(16)21-17/h5-7,12,14-15H,8-11H2,1-4H3,(H,20,21). The fraction of sp³-hybridized carbons (Fsp3) is 0.579. The highest BCUT2D eigenvalue weighted by atomic mass is 16.2. The highest BCUT2D eigenvalue weighted by Gasteiger charge is 2.36. The number of hydrogen-bond donors (Lipinski definition) is 1. The number of rotatable bonds is 6. The third kappa shape index (κ3) is 3.41. The second-order valence-electron chi connectivity index (χ2n) is 7.17. The Hall–Kier alpha value is -1.84. The highest BCUT2D eigenvalue weighted by Crippen LogP contribution is 2.31. The van der Waals surface area contributed by atoms with Crippen LogP contribution in [0.2, 0.25) is 0 Å². The van der Waals surface area contributed by atoms with Gasteiger partial charge in [-0.2, -0.15) is 0 Å². The number of para-hydroxylation sites is 1. The number of carbonyl (C=O) groups is 1. The molecule has 1 aliphatic carbocycles. The average Bonchev–Trinajstić information content (AvgIpc) is 3.24. The van der Waals surface area contributed by atoms with E-state index < -0.39 is 0 Å². The van der Waals surface area contributed by atoms with Crippen molar-refractivity contribution in [2.45, 2.75) is 65.5 Å². The number of hydrogen-bond acceptors (Lipinski definition) is 2. The molecule has 0 radical (unpaired) electrons. The van der Waals surface area contributed by atoms with Gasteiger partial charge in [0.1, 0.15) is 5.82 Å². The minimum atomic E-state index is 0.269. The summed E-state index contributed by atoms with van der Waals surface area (Å²) >= 11 is 0. The van der Waals surface area contributed by atoms with Crippen molar-refractivity contribution in [3.63, 3.8) is 0 Å². The van der Waals surface area contributed by atoms with E-state index in [1.165, 1.54) is 5.56 Å². The Labute approximate surface area is 138 Å². The molecule has 1 aromatic carbocycles. The van der Waals surface area contributed by atoms with E-state index in [0.29, 0.717) is 30.8 Å². The minimum Gasteiger partial charge on any atom is -0.342 e. The normalized spacial score (nSPS) is 16.0. The van der Waals surface area contributed by atoms with Gasteiger partial charge in [-0.15, -0.1) is 0 Å². The van der Waals surface area contributed by atoms with Crippen LogP contribution in [0.3, 0.4) is 0 Å². The third-order valence-electron chi connectivity index (χ3n) is 4.97. The molecule has 1 N–H and O–H groups in total. The zero-order chi connectivity index (χ0) is 16.6. The van der Waals surface area contributed by atoms with E-state index >= 15 is 0 Å². The second kappa shape index (κ2) is 6.34. The van der Waals surface area contributed by atoms with Crippen LogP contribution in [-0.4, -0.2) is 32.9 Å². The molecule has 0 spiro atoms. The monoisotopic (exact) mass is 313 g/mol. The minimum absolute atomic E-state index is 0.269. The molecule has 4 nitrogen and oxygen atoms in total. The predicted octanol–water partition coefficient (Wildman–Crippen LogP) is 3.84. The van der Waals surface area contributed by atoms with Gasteiger partial charge in [-0.05, 0) is 44.2 Å². The van der Waals surface area contributed by atoms with Crippen molar-refractivity contribution >= 4 is 16.9 Å². The molecule has 3 rings (SSSR count). The Morgan fingerprint density at radius 2 is 2.09 bits per heavy atom. The van der Waals surface area contributed by atoms with Crippen molar-refractivity contribution < 1.29 is 4.79 Å². The molecule has 1 amide bonds. The summed E-state index contributed by atoms with van der Waals surface area (Å²) in [5.41, 5.74) is 3.25. The van der Waals surface area contributed by atoms with Gasteiger partial charge in [-0.1, -0.05) is 26.0 Å². The van der Waals surface area contributed by atoms with Gasteiger partial charge in [0.15, 0.2) is 0 Å². The second-order valence-corrected chi connectivity index (χ2v) is 7.17. The van der Waals surface area contributed by atoms with Crippen LogP contribution in [0.1, 0.15) is 51.4 Å². The van der Waals surface area contributed by atoms with Crippen LogP contribution < -0.4 is 0 Å². The van der Waals surface area contributed by atoms with Crippen molar-refractivity contribution in [3.8, 4) is 0 Å². The summed E-state index contributed by atoms with van der Waals surface area (Å²) in [6.45, 7) is 8.62. The molecule has 0 aliphatic heterocycles. The number of nitrogens with one attached hydrogen (secondary N) is 1. The predicted molar refractivity (Wildman–Crippen MR) is 93.3 cm³/mol. The van der Waals surface area contributed by atoms with Crippen molar-refractivity contribution in [1.82, 2.24) is 14.9 Å². The van der Waals surface area contributed by atoms with Crippen LogP contribution in [0, 0.1) is 12.8 Å². The first kappa shape index (κ1) is 16.0. The average molecular weight is 313 g/mol. The number of fused-ring (bicyclic) bond motifs is 1. The van der Waals surface area contributed by atoms with E-state index in [4.69, 9.17) is 0 Å². The Morgan fingerprint density at radius 1 is 1.35 bits per heavy atom. The van der Waals surface area contributed by atoms with Gasteiger partial charge in [0.25, 0.3) is 0 Å². The lowest BCUT2D eigenvalue weighted by Crippen LogP contribution is -2.43. The summed E-state index contributed by atoms with van der Waals surface area (Å²) in [4.78, 5) is 22.8. The van der Waals surface area contributed by atoms with Crippen molar-refractivity contribution in [2.75, 3.05) is 0 Å². The number of nitrogens with zero attached hydrogens (tertiary/aromatic N) is 2. The van der Waals surface area contributed by atoms with E-state index in [1.54, 1.807) is 0 Å². The SMILES string of the molecule is Cc1cccc2[nH]c(CCC(=O)N(C3CC3)C(C)C(C)C)nc12. The summed E-state index contributed by atoms with van der Waals surface area (Å²) < 4.78 is 0. The Balaban J connectivity index is 1.68. The van der Waals surface area contributed by atoms with E-state index in [9.17, 15) is 4.79 Å². The first-order valence-electron chi connectivity index (χ1n) is 8.72. The molecule has 124 valence electrons. The summed E-state index contributed by atoms with van der Waals surface area (Å²) in [7, 11) is 0. The van der Waals surface area contributed by atoms with Crippen LogP contribution in [0.4, 0.5) is 0 Å². The molecule has 0 saturated heterocycles. The van der Waals surface area contributed by atoms with Crippen LogP contribution in [0.25, 0.3) is 11.0 Å². The number of H-pyrrole nitrogens is 1. The number of aryl methyl sites for hydroxylation is 2. The number of carbonyl (C=O) groups excluding carboxylic acids is 1. The largest absolute Gasteiger partial charge is 0.342 e. The third-order valence-corrected chi connectivity index (χ3v) is 4.97. The topological polar surface area (TPSA) is 49.0 Å². The first-order chi connectivity index (χ1) is 11.0. The lowest BCUT2D eigenvalue weighted by molar-refractivity contribution is -0.134. The summed E-state index contributed by atoms with van der Waals surface area (Å²) in [6.07, 6.45) is 3.53. The Morgan fingerprint density at radius 3 is 2.70 bits per heavy atom. The fourth-order valence-electron chi connectivity index (χ4n) is 3.14. The molecule has 2 aromatic rings. The van der Waals surface area contributed by atoms with Crippen molar-refractivity contribution in [2.24, 2.45) is 5.92 Å². The summed E-state index contributed by atoms with van der Waals surface area (Å²) in [5.74, 6) is 1.68. The maximum absolute atomic E-state index is 12.7. The smallest absolute Gasteiger partial charge is 0.223 e. The van der Waals surface area contributed by atoms with E-state index in [-0.39, 0.29) is 5.91 Å². The van der Waals surface area contributed by atoms with Gasteiger partial charge in [0.2, 0.25) is 5.91 Å². The van der Waals surface area contributed by atoms with E-state index in [1.807, 2.05) is 12.1 Å². The van der Waals surface area contributed by atoms with Gasteiger partial charge < -0.3 is 9.88 Å². The molecule has 4 heteroatoms. The highest BCUT2D eigenvalue weighted by molar-refractivity contribution is 5.79. The number of imidazole rings is 1. The lowest BCUT2D eigenvalue weighted by Gasteiger charge is -2.32. The quantitative estimate of drug-likeness (QED) is 0.881. The number of amides is 1. The Bertz CT molecular complexity index is 700. The van der Waals surface area contributed by atoms with Crippen LogP contribution in [-0.2, 0) is 11.2 Å². The van der Waals surface area contributed by atoms with Gasteiger partial charge >= 0.3 is 0 Å². The number of aromatic amines is 1. The maximum atomic E-state index is 12.7. The van der Waals surface area contributed by atoms with Gasteiger partial charge in [0.05, 0.1) is 11.0 Å². The van der Waals surface area contributed by atoms with Gasteiger partial charge in [-0.3, -0.25) is 4.79 Å². The van der Waals surface area contributed by atoms with Crippen LogP contribution in [0.5, 0.6) is 0 Å². The molecule has 1 aromatic heterocycles. The van der Waals surface area contributed by atoms with Crippen molar-refractivity contribution in [1.29, 1.82) is 0 Å². The summed E-state index contributed by atoms with van der Waals surface area (Å²) in [6, 6.07) is 6.92. The lowest BCUT2D eigenvalue weighted by atomic mass is 10.0. The van der Waals surface area contributed by atoms with Crippen LogP contribution >= 0.6 is 0 Å². The molecule has 1 unspecified atom stereocenters. The van der Waals surface area contributed by atoms with Gasteiger partial charge in [-0.25, -0.2) is 4.98 Å². The molecule has 23 heavy (non-hydrogen) atoms. The zero-order valence-electron chi connectivity index (χ0n) is 14.6. The van der Waals surface area contributed by atoms with E-state index in [2.05, 4.69) is 48.6 Å². The molecular weight excluding hydrogens is 286 g/mol. The summed E-state index contributed by atoms with van der Waals surface area (Å²) in [5, 5.41) is 0. The Kier molecular flexibility index (Phi) is 4.42. The molecule has 1 fully saturated rings. The molecule has 1 aliphatic rings. The maximum Gasteiger partial charge on any atom is 0.223 e. The van der Waals surface area contributed by atoms with Crippen LogP contribution in [0.15, 0.2) is 18.2 Å². The number of aromatic nitrogens is 2. The molecule has 1 heterocycles. The van der Waals surface area contributed by atoms with E-state index in [0.717, 1.165) is 29.7 Å². The molecular formula is C19H27N3O. The molecule has 0 bridgehead atoms. The zero-order valence-corrected chi connectivity index (χ0v) is 14.6. The molecule has 1 saturated carbocycles. The first-order valence-corrected chi connectivity index (χ1v) is 8.72. The van der Waals surface area contributed by atoms with Crippen molar-refractivity contribution in [3.05, 3.63) is 29.6 Å². The molecule has 1 atom stereocenters. The van der Waals surface area contributed by atoms with Gasteiger partial charge in [0, 0.05) is 24.9 Å². The number of benzene rings is 1. The fourth-order valence-corrected chi connectivity index (χ4v) is 3.14.